The Balaban J connectivity index is 1.61. The molecular formula is C23H29ClN4O. The SMILES string of the molecule is CCNC(=NCc1ccccc1CN1CCCC1=O)NCCc1ccccc1Cl. The molecule has 0 unspecified atom stereocenters. The second-order valence-corrected chi connectivity index (χ2v) is 7.56. The number of hydrogen-bond donors (Lipinski definition) is 2. The Hall–Kier alpha value is -2.53. The van der Waals surface area contributed by atoms with Gasteiger partial charge in [0.25, 0.3) is 0 Å². The maximum atomic E-state index is 12.0. The van der Waals surface area contributed by atoms with E-state index in [1.54, 1.807) is 0 Å². The molecule has 2 aromatic carbocycles. The molecule has 0 bridgehead atoms. The Morgan fingerprint density at radius 1 is 1.07 bits per heavy atom. The lowest BCUT2D eigenvalue weighted by Crippen LogP contribution is -2.38. The summed E-state index contributed by atoms with van der Waals surface area (Å²) >= 11 is 6.24. The highest BCUT2D eigenvalue weighted by atomic mass is 35.5. The van der Waals surface area contributed by atoms with Gasteiger partial charge < -0.3 is 15.5 Å². The lowest BCUT2D eigenvalue weighted by atomic mass is 10.1. The second kappa shape index (κ2) is 10.9. The summed E-state index contributed by atoms with van der Waals surface area (Å²) in [7, 11) is 0. The van der Waals surface area contributed by atoms with Crippen molar-refractivity contribution >= 4 is 23.5 Å². The Morgan fingerprint density at radius 2 is 1.79 bits per heavy atom. The van der Waals surface area contributed by atoms with Crippen LogP contribution in [-0.2, 0) is 24.3 Å². The number of carbonyl (C=O) groups is 1. The van der Waals surface area contributed by atoms with Crippen molar-refractivity contribution in [2.45, 2.75) is 39.3 Å². The fourth-order valence-electron chi connectivity index (χ4n) is 3.47. The van der Waals surface area contributed by atoms with Crippen molar-refractivity contribution in [2.75, 3.05) is 19.6 Å². The lowest BCUT2D eigenvalue weighted by Gasteiger charge is -2.18. The number of hydrogen-bond acceptors (Lipinski definition) is 2. The molecular weight excluding hydrogens is 384 g/mol. The number of guanidine groups is 1. The molecule has 1 aliphatic rings. The number of nitrogens with zero attached hydrogens (tertiary/aromatic N) is 2. The molecule has 0 aliphatic carbocycles. The van der Waals surface area contributed by atoms with Crippen LogP contribution in [0.1, 0.15) is 36.5 Å². The molecule has 0 spiro atoms. The summed E-state index contributed by atoms with van der Waals surface area (Å²) < 4.78 is 0. The van der Waals surface area contributed by atoms with Crippen molar-refractivity contribution in [3.63, 3.8) is 0 Å². The molecule has 0 radical (unpaired) electrons. The molecule has 1 heterocycles. The van der Waals surface area contributed by atoms with Crippen LogP contribution in [0.3, 0.4) is 0 Å². The van der Waals surface area contributed by atoms with Crippen molar-refractivity contribution in [1.82, 2.24) is 15.5 Å². The Kier molecular flexibility index (Phi) is 7.94. The monoisotopic (exact) mass is 412 g/mol. The van der Waals surface area contributed by atoms with Crippen LogP contribution >= 0.6 is 11.6 Å². The van der Waals surface area contributed by atoms with E-state index in [0.717, 1.165) is 54.6 Å². The van der Waals surface area contributed by atoms with E-state index in [1.165, 1.54) is 5.56 Å². The maximum absolute atomic E-state index is 12.0. The standard InChI is InChI=1S/C23H29ClN4O/c1-2-25-23(26-14-13-18-8-5-6-11-21(18)24)27-16-19-9-3-4-10-20(19)17-28-15-7-12-22(28)29/h3-6,8-11H,2,7,12-17H2,1H3,(H2,25,26,27). The molecule has 6 heteroatoms. The summed E-state index contributed by atoms with van der Waals surface area (Å²) in [6.45, 7) is 5.68. The first-order valence-electron chi connectivity index (χ1n) is 10.3. The van der Waals surface area contributed by atoms with Crippen LogP contribution < -0.4 is 10.6 Å². The molecule has 5 nitrogen and oxygen atoms in total. The molecule has 0 aromatic heterocycles. The third-order valence-corrected chi connectivity index (χ3v) is 5.42. The maximum Gasteiger partial charge on any atom is 0.222 e. The number of carbonyl (C=O) groups excluding carboxylic acids is 1. The van der Waals surface area contributed by atoms with E-state index in [4.69, 9.17) is 16.6 Å². The summed E-state index contributed by atoms with van der Waals surface area (Å²) in [6, 6.07) is 16.1. The van der Waals surface area contributed by atoms with E-state index in [9.17, 15) is 4.79 Å². The molecule has 1 aliphatic heterocycles. The van der Waals surface area contributed by atoms with Crippen LogP contribution in [0.2, 0.25) is 5.02 Å². The largest absolute Gasteiger partial charge is 0.357 e. The van der Waals surface area contributed by atoms with Gasteiger partial charge in [-0.25, -0.2) is 4.99 Å². The first-order chi connectivity index (χ1) is 14.2. The number of halogens is 1. The van der Waals surface area contributed by atoms with E-state index < -0.39 is 0 Å². The highest BCUT2D eigenvalue weighted by Gasteiger charge is 2.20. The van der Waals surface area contributed by atoms with Gasteiger partial charge in [0.1, 0.15) is 0 Å². The third-order valence-electron chi connectivity index (χ3n) is 5.05. The Morgan fingerprint density at radius 3 is 2.48 bits per heavy atom. The van der Waals surface area contributed by atoms with Crippen LogP contribution in [0.25, 0.3) is 0 Å². The highest BCUT2D eigenvalue weighted by Crippen LogP contribution is 2.18. The van der Waals surface area contributed by atoms with Crippen LogP contribution in [0.5, 0.6) is 0 Å². The van der Waals surface area contributed by atoms with Crippen LogP contribution in [0.4, 0.5) is 0 Å². The van der Waals surface area contributed by atoms with Gasteiger partial charge in [0.15, 0.2) is 5.96 Å². The molecule has 1 fully saturated rings. The summed E-state index contributed by atoms with van der Waals surface area (Å²) in [5.41, 5.74) is 3.44. The van der Waals surface area contributed by atoms with Gasteiger partial charge in [-0.1, -0.05) is 54.1 Å². The lowest BCUT2D eigenvalue weighted by molar-refractivity contribution is -0.128. The zero-order chi connectivity index (χ0) is 20.5. The number of rotatable bonds is 8. The van der Waals surface area contributed by atoms with E-state index in [1.807, 2.05) is 41.3 Å². The van der Waals surface area contributed by atoms with Gasteiger partial charge >= 0.3 is 0 Å². The van der Waals surface area contributed by atoms with Gasteiger partial charge in [0.05, 0.1) is 6.54 Å². The van der Waals surface area contributed by atoms with Crippen molar-refractivity contribution in [3.05, 3.63) is 70.2 Å². The zero-order valence-electron chi connectivity index (χ0n) is 17.0. The fourth-order valence-corrected chi connectivity index (χ4v) is 3.70. The van der Waals surface area contributed by atoms with Gasteiger partial charge in [0.2, 0.25) is 5.91 Å². The predicted molar refractivity (Wildman–Crippen MR) is 119 cm³/mol. The van der Waals surface area contributed by atoms with Crippen molar-refractivity contribution in [1.29, 1.82) is 0 Å². The minimum Gasteiger partial charge on any atom is -0.357 e. The normalized spacial score (nSPS) is 14.3. The summed E-state index contributed by atoms with van der Waals surface area (Å²) in [5.74, 6) is 1.03. The van der Waals surface area contributed by atoms with Crippen molar-refractivity contribution < 1.29 is 4.79 Å². The van der Waals surface area contributed by atoms with E-state index in [2.05, 4.69) is 29.7 Å². The zero-order valence-corrected chi connectivity index (χ0v) is 17.7. The first-order valence-corrected chi connectivity index (χ1v) is 10.7. The number of aliphatic imine (C=N–C) groups is 1. The number of nitrogens with one attached hydrogen (secondary N) is 2. The minimum absolute atomic E-state index is 0.248. The summed E-state index contributed by atoms with van der Waals surface area (Å²) in [6.07, 6.45) is 2.46. The quantitative estimate of drug-likeness (QED) is 0.512. The van der Waals surface area contributed by atoms with Gasteiger partial charge in [0, 0.05) is 37.6 Å². The average molecular weight is 413 g/mol. The van der Waals surface area contributed by atoms with E-state index in [0.29, 0.717) is 19.5 Å². The molecule has 2 aromatic rings. The van der Waals surface area contributed by atoms with Crippen LogP contribution in [-0.4, -0.2) is 36.4 Å². The smallest absolute Gasteiger partial charge is 0.222 e. The van der Waals surface area contributed by atoms with Crippen molar-refractivity contribution in [3.8, 4) is 0 Å². The fraction of sp³-hybridized carbons (Fsp3) is 0.391. The molecule has 1 amide bonds. The number of amides is 1. The van der Waals surface area contributed by atoms with E-state index in [-0.39, 0.29) is 5.91 Å². The number of likely N-dealkylation sites (tertiary alicyclic amines) is 1. The van der Waals surface area contributed by atoms with Crippen molar-refractivity contribution in [2.24, 2.45) is 4.99 Å². The molecule has 3 rings (SSSR count). The highest BCUT2D eigenvalue weighted by molar-refractivity contribution is 6.31. The van der Waals surface area contributed by atoms with Gasteiger partial charge in [-0.15, -0.1) is 0 Å². The van der Waals surface area contributed by atoms with Crippen LogP contribution in [0, 0.1) is 0 Å². The van der Waals surface area contributed by atoms with Gasteiger partial charge in [-0.05, 0) is 42.5 Å². The van der Waals surface area contributed by atoms with Crippen LogP contribution in [0.15, 0.2) is 53.5 Å². The van der Waals surface area contributed by atoms with Gasteiger partial charge in [-0.3, -0.25) is 4.79 Å². The topological polar surface area (TPSA) is 56.7 Å². The average Bonchev–Trinajstić information content (AvgIpc) is 3.13. The molecule has 1 saturated heterocycles. The third kappa shape index (κ3) is 6.23. The number of benzene rings is 2. The summed E-state index contributed by atoms with van der Waals surface area (Å²) in [5, 5.41) is 7.47. The molecule has 0 atom stereocenters. The molecule has 29 heavy (non-hydrogen) atoms. The molecule has 154 valence electrons. The minimum atomic E-state index is 0.248. The van der Waals surface area contributed by atoms with Gasteiger partial charge in [-0.2, -0.15) is 0 Å². The predicted octanol–water partition coefficient (Wildman–Crippen LogP) is 3.76. The summed E-state index contributed by atoms with van der Waals surface area (Å²) in [4.78, 5) is 18.7. The molecule has 0 saturated carbocycles. The molecule has 2 N–H and O–H groups in total. The van der Waals surface area contributed by atoms with E-state index >= 15 is 0 Å². The Bertz CT molecular complexity index is 852. The second-order valence-electron chi connectivity index (χ2n) is 7.15. The first kappa shape index (κ1) is 21.2. The Labute approximate surface area is 178 Å².